The minimum Gasteiger partial charge on any atom is -0.488 e. The fourth-order valence-electron chi connectivity index (χ4n) is 3.22. The maximum atomic E-state index is 13.4. The summed E-state index contributed by atoms with van der Waals surface area (Å²) >= 11 is 0. The van der Waals surface area contributed by atoms with Crippen molar-refractivity contribution in [1.82, 2.24) is 15.0 Å². The van der Waals surface area contributed by atoms with E-state index in [0.717, 1.165) is 0 Å². The molecule has 0 bridgehead atoms. The monoisotopic (exact) mass is 464 g/mol. The largest absolute Gasteiger partial charge is 0.488 e. The van der Waals surface area contributed by atoms with Crippen molar-refractivity contribution in [1.29, 1.82) is 0 Å². The molecule has 0 radical (unpaired) electrons. The lowest BCUT2D eigenvalue weighted by Gasteiger charge is -2.12. The normalized spacial score (nSPS) is 11.2. The van der Waals surface area contributed by atoms with Gasteiger partial charge in [0.1, 0.15) is 24.5 Å². The van der Waals surface area contributed by atoms with Crippen molar-refractivity contribution in [2.24, 2.45) is 0 Å². The number of halogens is 1. The summed E-state index contributed by atoms with van der Waals surface area (Å²) in [6, 6.07) is 20.6. The van der Waals surface area contributed by atoms with E-state index in [-0.39, 0.29) is 18.2 Å². The molecule has 3 aromatic carbocycles. The molecule has 0 atom stereocenters. The Morgan fingerprint density at radius 1 is 0.939 bits per heavy atom. The zero-order valence-corrected chi connectivity index (χ0v) is 18.6. The minimum absolute atomic E-state index is 0.0546. The molecule has 0 aliphatic heterocycles. The molecule has 9 heteroatoms. The third-order valence-corrected chi connectivity index (χ3v) is 5.45. The van der Waals surface area contributed by atoms with Gasteiger partial charge in [-0.15, -0.1) is 0 Å². The number of sulfone groups is 1. The van der Waals surface area contributed by atoms with E-state index in [2.05, 4.69) is 20.3 Å². The lowest BCUT2D eigenvalue weighted by atomic mass is 10.2. The summed E-state index contributed by atoms with van der Waals surface area (Å²) in [5.74, 6) is 0.874. The van der Waals surface area contributed by atoms with Crippen LogP contribution in [0.5, 0.6) is 5.75 Å². The van der Waals surface area contributed by atoms with Gasteiger partial charge in [-0.3, -0.25) is 0 Å². The number of rotatable bonds is 8. The van der Waals surface area contributed by atoms with Crippen LogP contribution in [0.2, 0.25) is 0 Å². The maximum Gasteiger partial charge on any atom is 0.230 e. The molecule has 0 unspecified atom stereocenters. The number of para-hydroxylation sites is 1. The highest BCUT2D eigenvalue weighted by atomic mass is 32.2. The van der Waals surface area contributed by atoms with Crippen LogP contribution in [0.15, 0.2) is 79.1 Å². The van der Waals surface area contributed by atoms with Gasteiger partial charge in [-0.2, -0.15) is 4.98 Å². The van der Waals surface area contributed by atoms with Gasteiger partial charge < -0.3 is 10.1 Å². The fraction of sp³-hybridized carbons (Fsp3) is 0.125. The van der Waals surface area contributed by atoms with Gasteiger partial charge in [-0.05, 0) is 47.5 Å². The maximum absolute atomic E-state index is 13.4. The Morgan fingerprint density at radius 3 is 2.55 bits per heavy atom. The van der Waals surface area contributed by atoms with Crippen molar-refractivity contribution in [3.63, 3.8) is 0 Å². The Labute approximate surface area is 191 Å². The highest BCUT2D eigenvalue weighted by molar-refractivity contribution is 7.89. The van der Waals surface area contributed by atoms with E-state index in [4.69, 9.17) is 4.74 Å². The second-order valence-corrected chi connectivity index (χ2v) is 9.58. The Balaban J connectivity index is 1.54. The molecular weight excluding hydrogens is 443 g/mol. The highest BCUT2D eigenvalue weighted by Crippen LogP contribution is 2.28. The molecule has 7 nitrogen and oxygen atoms in total. The Bertz CT molecular complexity index is 1380. The van der Waals surface area contributed by atoms with Gasteiger partial charge in [0.15, 0.2) is 15.7 Å². The molecule has 1 N–H and O–H groups in total. The Hall–Kier alpha value is -3.85. The zero-order chi connectivity index (χ0) is 23.3. The fourth-order valence-corrected chi connectivity index (χ4v) is 4.01. The van der Waals surface area contributed by atoms with E-state index >= 15 is 0 Å². The summed E-state index contributed by atoms with van der Waals surface area (Å²) in [4.78, 5) is 12.9. The van der Waals surface area contributed by atoms with Gasteiger partial charge in [-0.25, -0.2) is 22.8 Å². The van der Waals surface area contributed by atoms with E-state index in [1.807, 2.05) is 18.2 Å². The predicted molar refractivity (Wildman–Crippen MR) is 124 cm³/mol. The molecule has 168 valence electrons. The van der Waals surface area contributed by atoms with Gasteiger partial charge in [0, 0.05) is 11.9 Å². The first-order chi connectivity index (χ1) is 15.9. The molecule has 0 fully saturated rings. The van der Waals surface area contributed by atoms with Crippen molar-refractivity contribution < 1.29 is 17.5 Å². The molecule has 4 rings (SSSR count). The average Bonchev–Trinajstić information content (AvgIpc) is 2.77. The molecule has 1 aromatic heterocycles. The third-order valence-electron chi connectivity index (χ3n) is 4.60. The SMILES string of the molecule is CS(=O)(=O)Cc1cccc(Nc2ncnc(-c3ccccc3OCc3cccc(F)c3)n2)c1. The first kappa shape index (κ1) is 22.3. The van der Waals surface area contributed by atoms with Crippen LogP contribution in [-0.2, 0) is 22.2 Å². The molecule has 4 aromatic rings. The number of benzene rings is 3. The standard InChI is InChI=1S/C24H21FN4O3S/c1-33(30,31)15-18-7-5-9-20(13-18)28-24-27-16-26-23(29-24)21-10-2-3-11-22(21)32-14-17-6-4-8-19(25)12-17/h2-13,16H,14-15H2,1H3,(H,26,27,28,29). The molecule has 1 heterocycles. The van der Waals surface area contributed by atoms with E-state index in [1.165, 1.54) is 24.7 Å². The number of nitrogens with one attached hydrogen (secondary N) is 1. The molecule has 0 aliphatic carbocycles. The number of aromatic nitrogens is 3. The summed E-state index contributed by atoms with van der Waals surface area (Å²) < 4.78 is 42.5. The van der Waals surface area contributed by atoms with Gasteiger partial charge >= 0.3 is 0 Å². The second kappa shape index (κ2) is 9.74. The smallest absolute Gasteiger partial charge is 0.230 e. The molecule has 0 aliphatic rings. The quantitative estimate of drug-likeness (QED) is 0.409. The lowest BCUT2D eigenvalue weighted by molar-refractivity contribution is 0.306. The highest BCUT2D eigenvalue weighted by Gasteiger charge is 2.11. The summed E-state index contributed by atoms with van der Waals surface area (Å²) in [6.07, 6.45) is 2.58. The van der Waals surface area contributed by atoms with E-state index in [9.17, 15) is 12.8 Å². The lowest BCUT2D eigenvalue weighted by Crippen LogP contribution is -2.03. The third kappa shape index (κ3) is 6.33. The molecule has 33 heavy (non-hydrogen) atoms. The first-order valence-corrected chi connectivity index (χ1v) is 12.1. The number of nitrogens with zero attached hydrogens (tertiary/aromatic N) is 3. The van der Waals surface area contributed by atoms with Crippen molar-refractivity contribution >= 4 is 21.5 Å². The molecular formula is C24H21FN4O3S. The number of ether oxygens (including phenoxy) is 1. The summed E-state index contributed by atoms with van der Waals surface area (Å²) in [6.45, 7) is 0.193. The van der Waals surface area contributed by atoms with Crippen LogP contribution < -0.4 is 10.1 Å². The van der Waals surface area contributed by atoms with Crippen LogP contribution in [-0.4, -0.2) is 29.6 Å². The van der Waals surface area contributed by atoms with E-state index in [1.54, 1.807) is 42.5 Å². The van der Waals surface area contributed by atoms with Crippen molar-refractivity contribution in [2.75, 3.05) is 11.6 Å². The van der Waals surface area contributed by atoms with Crippen molar-refractivity contribution in [3.8, 4) is 17.1 Å². The summed E-state index contributed by atoms with van der Waals surface area (Å²) in [5.41, 5.74) is 2.68. The second-order valence-electron chi connectivity index (χ2n) is 7.44. The van der Waals surface area contributed by atoms with Gasteiger partial charge in [0.05, 0.1) is 11.3 Å². The molecule has 0 spiro atoms. The molecule has 0 saturated carbocycles. The van der Waals surface area contributed by atoms with E-state index < -0.39 is 9.84 Å². The molecule has 0 amide bonds. The Kier molecular flexibility index (Phi) is 6.60. The van der Waals surface area contributed by atoms with Gasteiger partial charge in [0.25, 0.3) is 0 Å². The Morgan fingerprint density at radius 2 is 1.73 bits per heavy atom. The van der Waals surface area contributed by atoms with Gasteiger partial charge in [0.2, 0.25) is 5.95 Å². The molecule has 0 saturated heterocycles. The van der Waals surface area contributed by atoms with Gasteiger partial charge in [-0.1, -0.05) is 36.4 Å². The predicted octanol–water partition coefficient (Wildman–Crippen LogP) is 4.54. The number of hydrogen-bond donors (Lipinski definition) is 1. The minimum atomic E-state index is -3.15. The topological polar surface area (TPSA) is 94.1 Å². The van der Waals surface area contributed by atoms with Crippen LogP contribution in [0.1, 0.15) is 11.1 Å². The zero-order valence-electron chi connectivity index (χ0n) is 17.8. The van der Waals surface area contributed by atoms with Crippen LogP contribution >= 0.6 is 0 Å². The number of anilines is 2. The average molecular weight is 465 g/mol. The van der Waals surface area contributed by atoms with Crippen LogP contribution in [0.3, 0.4) is 0 Å². The van der Waals surface area contributed by atoms with Crippen molar-refractivity contribution in [2.45, 2.75) is 12.4 Å². The van der Waals surface area contributed by atoms with Crippen LogP contribution in [0, 0.1) is 5.82 Å². The number of hydrogen-bond acceptors (Lipinski definition) is 7. The van der Waals surface area contributed by atoms with E-state index in [0.29, 0.717) is 39.9 Å². The van der Waals surface area contributed by atoms with Crippen LogP contribution in [0.4, 0.5) is 16.0 Å². The first-order valence-electron chi connectivity index (χ1n) is 10.1. The van der Waals surface area contributed by atoms with Crippen molar-refractivity contribution in [3.05, 3.63) is 96.1 Å². The summed E-state index contributed by atoms with van der Waals surface area (Å²) in [5, 5.41) is 3.08. The van der Waals surface area contributed by atoms with Crippen LogP contribution in [0.25, 0.3) is 11.4 Å². The summed E-state index contributed by atoms with van der Waals surface area (Å²) in [7, 11) is -3.15.